The molecule has 0 aliphatic carbocycles. The van der Waals surface area contributed by atoms with E-state index < -0.39 is 23.5 Å². The van der Waals surface area contributed by atoms with Crippen LogP contribution >= 0.6 is 12.2 Å². The molecule has 1 heterocycles. The number of aliphatic carboxylic acids is 1. The molecule has 0 spiro atoms. The molecule has 6 heteroatoms. The van der Waals surface area contributed by atoms with Crippen LogP contribution in [0.1, 0.15) is 48.6 Å². The fourth-order valence-corrected chi connectivity index (χ4v) is 4.19. The topological polar surface area (TPSA) is 62.5 Å². The van der Waals surface area contributed by atoms with Crippen molar-refractivity contribution in [2.24, 2.45) is 5.92 Å². The van der Waals surface area contributed by atoms with Gasteiger partial charge in [0.1, 0.15) is 4.99 Å². The summed E-state index contributed by atoms with van der Waals surface area (Å²) in [5.74, 6) is -3.18. The summed E-state index contributed by atoms with van der Waals surface area (Å²) >= 11 is 5.71. The predicted octanol–water partition coefficient (Wildman–Crippen LogP) is 5.54. The van der Waals surface area contributed by atoms with Crippen molar-refractivity contribution in [2.75, 3.05) is 0 Å². The Morgan fingerprint density at radius 1 is 1.21 bits per heavy atom. The summed E-state index contributed by atoms with van der Waals surface area (Å²) in [5, 5.41) is 20.4. The van der Waals surface area contributed by atoms with Crippen molar-refractivity contribution >= 4 is 34.1 Å². The predicted molar refractivity (Wildman–Crippen MR) is 116 cm³/mol. The van der Waals surface area contributed by atoms with Crippen molar-refractivity contribution in [3.8, 4) is 5.75 Å². The molecule has 2 aromatic carbocycles. The molecule has 1 unspecified atom stereocenters. The zero-order chi connectivity index (χ0) is 21.5. The SMILES string of the molecule is CC[C@H](C)C(C(=O)O)c1c(C)n(C(=S)c2ccc(C)cc2)c2cc(F)c(O)cc12. The summed E-state index contributed by atoms with van der Waals surface area (Å²) in [7, 11) is 0. The molecule has 0 saturated heterocycles. The summed E-state index contributed by atoms with van der Waals surface area (Å²) in [5.41, 5.74) is 3.52. The van der Waals surface area contributed by atoms with E-state index in [9.17, 15) is 19.4 Å². The average molecular weight is 414 g/mol. The maximum atomic E-state index is 14.2. The average Bonchev–Trinajstić information content (AvgIpc) is 2.93. The van der Waals surface area contributed by atoms with Crippen molar-refractivity contribution in [1.82, 2.24) is 4.57 Å². The fraction of sp³-hybridized carbons (Fsp3) is 0.304. The fourth-order valence-electron chi connectivity index (χ4n) is 3.81. The second kappa shape index (κ2) is 7.95. The van der Waals surface area contributed by atoms with Crippen LogP contribution in [0.3, 0.4) is 0 Å². The van der Waals surface area contributed by atoms with Crippen LogP contribution in [0.4, 0.5) is 4.39 Å². The monoisotopic (exact) mass is 413 g/mol. The van der Waals surface area contributed by atoms with Crippen LogP contribution in [0.2, 0.25) is 0 Å². The molecule has 2 atom stereocenters. The van der Waals surface area contributed by atoms with E-state index in [0.29, 0.717) is 33.6 Å². The molecule has 0 aliphatic heterocycles. The quantitative estimate of drug-likeness (QED) is 0.539. The molecule has 0 amide bonds. The smallest absolute Gasteiger partial charge is 0.311 e. The highest BCUT2D eigenvalue weighted by atomic mass is 32.1. The molecule has 4 nitrogen and oxygen atoms in total. The first-order chi connectivity index (χ1) is 13.7. The Hall–Kier alpha value is -2.73. The number of carboxylic acids is 1. The molecule has 1 aromatic heterocycles. The van der Waals surface area contributed by atoms with E-state index in [2.05, 4.69) is 0 Å². The lowest BCUT2D eigenvalue weighted by molar-refractivity contribution is -0.140. The van der Waals surface area contributed by atoms with Crippen LogP contribution in [-0.2, 0) is 4.79 Å². The number of benzene rings is 2. The number of carbonyl (C=O) groups is 1. The van der Waals surface area contributed by atoms with Gasteiger partial charge in [0.2, 0.25) is 0 Å². The molecule has 0 saturated carbocycles. The zero-order valence-corrected chi connectivity index (χ0v) is 17.7. The number of halogens is 1. The third kappa shape index (κ3) is 3.65. The number of aryl methyl sites for hydroxylation is 1. The lowest BCUT2D eigenvalue weighted by Crippen LogP contribution is -2.21. The normalized spacial score (nSPS) is 13.4. The van der Waals surface area contributed by atoms with Gasteiger partial charge in [-0.25, -0.2) is 4.39 Å². The Morgan fingerprint density at radius 3 is 2.38 bits per heavy atom. The minimum atomic E-state index is -0.952. The van der Waals surface area contributed by atoms with Crippen LogP contribution in [0.5, 0.6) is 5.75 Å². The molecular formula is C23H24FNO3S. The maximum Gasteiger partial charge on any atom is 0.311 e. The number of carboxylic acid groups (broad SMARTS) is 1. The van der Waals surface area contributed by atoms with Gasteiger partial charge in [0.05, 0.1) is 11.4 Å². The standard InChI is InChI=1S/C23H24FNO3S/c1-5-13(3)20(23(27)28)21-14(4)25(18-11-17(24)19(26)10-16(18)21)22(29)15-8-6-12(2)7-9-15/h6-11,13,20,26H,5H2,1-4H3,(H,27,28)/t13-,20?/m0/s1. The molecule has 29 heavy (non-hydrogen) atoms. The van der Waals surface area contributed by atoms with Crippen LogP contribution in [0.25, 0.3) is 10.9 Å². The van der Waals surface area contributed by atoms with E-state index in [1.807, 2.05) is 45.0 Å². The van der Waals surface area contributed by atoms with E-state index in [1.165, 1.54) is 12.1 Å². The van der Waals surface area contributed by atoms with E-state index >= 15 is 0 Å². The Labute approximate surface area is 174 Å². The van der Waals surface area contributed by atoms with Gasteiger partial charge in [-0.2, -0.15) is 0 Å². The van der Waals surface area contributed by atoms with Gasteiger partial charge in [0.15, 0.2) is 11.6 Å². The highest BCUT2D eigenvalue weighted by molar-refractivity contribution is 7.80. The first kappa shape index (κ1) is 21.0. The lowest BCUT2D eigenvalue weighted by Gasteiger charge is -2.20. The number of phenols is 1. The number of aromatic hydroxyl groups is 1. The molecule has 152 valence electrons. The van der Waals surface area contributed by atoms with Crippen LogP contribution in [-0.4, -0.2) is 25.7 Å². The largest absolute Gasteiger partial charge is 0.505 e. The van der Waals surface area contributed by atoms with E-state index in [0.717, 1.165) is 11.1 Å². The summed E-state index contributed by atoms with van der Waals surface area (Å²) in [4.78, 5) is 12.6. The molecule has 3 rings (SSSR count). The summed E-state index contributed by atoms with van der Waals surface area (Å²) < 4.78 is 16.0. The molecule has 0 fully saturated rings. The van der Waals surface area contributed by atoms with Gasteiger partial charge in [0, 0.05) is 22.7 Å². The van der Waals surface area contributed by atoms with Gasteiger partial charge in [-0.3, -0.25) is 4.79 Å². The number of hydrogen-bond donors (Lipinski definition) is 2. The van der Waals surface area contributed by atoms with Crippen molar-refractivity contribution in [3.63, 3.8) is 0 Å². The first-order valence-electron chi connectivity index (χ1n) is 9.54. The number of thiocarbonyl (C=S) groups is 1. The number of fused-ring (bicyclic) bond motifs is 1. The van der Waals surface area contributed by atoms with E-state index in [4.69, 9.17) is 12.2 Å². The van der Waals surface area contributed by atoms with Gasteiger partial charge < -0.3 is 14.8 Å². The number of aromatic nitrogens is 1. The molecule has 3 aromatic rings. The second-order valence-corrected chi connectivity index (χ2v) is 7.91. The maximum absolute atomic E-state index is 14.2. The third-order valence-electron chi connectivity index (χ3n) is 5.61. The first-order valence-corrected chi connectivity index (χ1v) is 9.95. The molecule has 0 radical (unpaired) electrons. The van der Waals surface area contributed by atoms with Crippen LogP contribution in [0, 0.1) is 25.6 Å². The van der Waals surface area contributed by atoms with Gasteiger partial charge in [0.25, 0.3) is 0 Å². The highest BCUT2D eigenvalue weighted by Gasteiger charge is 2.32. The molecule has 2 N–H and O–H groups in total. The Bertz CT molecular complexity index is 1100. The lowest BCUT2D eigenvalue weighted by atomic mass is 9.84. The van der Waals surface area contributed by atoms with Crippen molar-refractivity contribution in [3.05, 3.63) is 64.6 Å². The van der Waals surface area contributed by atoms with Crippen LogP contribution < -0.4 is 0 Å². The second-order valence-electron chi connectivity index (χ2n) is 7.53. The van der Waals surface area contributed by atoms with Gasteiger partial charge in [-0.05, 0) is 31.4 Å². The van der Waals surface area contributed by atoms with Crippen molar-refractivity contribution < 1.29 is 19.4 Å². The third-order valence-corrected chi connectivity index (χ3v) is 6.03. The van der Waals surface area contributed by atoms with Gasteiger partial charge in [-0.1, -0.05) is 62.3 Å². The number of phenolic OH excluding ortho intramolecular Hbond substituents is 1. The number of hydrogen-bond acceptors (Lipinski definition) is 3. The molecule has 0 aliphatic rings. The van der Waals surface area contributed by atoms with Crippen LogP contribution in [0.15, 0.2) is 36.4 Å². The Morgan fingerprint density at radius 2 is 1.83 bits per heavy atom. The number of rotatable bonds is 5. The number of nitrogens with zero attached hydrogens (tertiary/aromatic N) is 1. The molecular weight excluding hydrogens is 389 g/mol. The Balaban J connectivity index is 2.35. The minimum absolute atomic E-state index is 0.148. The summed E-state index contributed by atoms with van der Waals surface area (Å²) in [6, 6.07) is 10.2. The van der Waals surface area contributed by atoms with Gasteiger partial charge >= 0.3 is 5.97 Å². The summed E-state index contributed by atoms with van der Waals surface area (Å²) in [6.07, 6.45) is 0.665. The zero-order valence-electron chi connectivity index (χ0n) is 16.9. The highest BCUT2D eigenvalue weighted by Crippen LogP contribution is 2.39. The van der Waals surface area contributed by atoms with Crippen molar-refractivity contribution in [2.45, 2.75) is 40.0 Å². The van der Waals surface area contributed by atoms with Gasteiger partial charge in [-0.15, -0.1) is 0 Å². The Kier molecular flexibility index (Phi) is 5.75. The summed E-state index contributed by atoms with van der Waals surface area (Å²) in [6.45, 7) is 7.58. The van der Waals surface area contributed by atoms with E-state index in [1.54, 1.807) is 11.5 Å². The van der Waals surface area contributed by atoms with E-state index in [-0.39, 0.29) is 5.92 Å². The molecule has 0 bridgehead atoms. The van der Waals surface area contributed by atoms with Crippen molar-refractivity contribution in [1.29, 1.82) is 0 Å². The minimum Gasteiger partial charge on any atom is -0.505 e.